The highest BCUT2D eigenvalue weighted by atomic mass is 16.3. The molecule has 2 heterocycles. The first kappa shape index (κ1) is 16.1. The molecule has 1 atom stereocenters. The average Bonchev–Trinajstić information content (AvgIpc) is 3.17. The Hall–Kier alpha value is -2.31. The van der Waals surface area contributed by atoms with Crippen molar-refractivity contribution in [2.24, 2.45) is 0 Å². The van der Waals surface area contributed by atoms with Crippen molar-refractivity contribution in [2.45, 2.75) is 25.3 Å². The van der Waals surface area contributed by atoms with Crippen molar-refractivity contribution >= 4 is 17.7 Å². The Kier molecular flexibility index (Phi) is 5.19. The van der Waals surface area contributed by atoms with E-state index < -0.39 is 0 Å². The average molecular weight is 307 g/mol. The van der Waals surface area contributed by atoms with Crippen molar-refractivity contribution in [3.63, 3.8) is 0 Å². The zero-order chi connectivity index (χ0) is 16.1. The first-order valence-corrected chi connectivity index (χ1v) is 7.33. The molecular weight excluding hydrogens is 286 g/mol. The summed E-state index contributed by atoms with van der Waals surface area (Å²) in [5.74, 6) is -0.294. The van der Waals surface area contributed by atoms with Crippen molar-refractivity contribution in [2.75, 3.05) is 27.2 Å². The number of likely N-dealkylation sites (N-methyl/N-ethyl adjacent to an activating group) is 1. The van der Waals surface area contributed by atoms with Crippen LogP contribution >= 0.6 is 0 Å². The second kappa shape index (κ2) is 7.11. The maximum Gasteiger partial charge on any atom is 0.286 e. The van der Waals surface area contributed by atoms with E-state index in [-0.39, 0.29) is 42.5 Å². The molecule has 7 nitrogen and oxygen atoms in total. The Morgan fingerprint density at radius 1 is 1.41 bits per heavy atom. The summed E-state index contributed by atoms with van der Waals surface area (Å²) in [4.78, 5) is 39.1. The topological polar surface area (TPSA) is 82.9 Å². The monoisotopic (exact) mass is 307 g/mol. The fourth-order valence-electron chi connectivity index (χ4n) is 2.54. The molecule has 1 aromatic rings. The highest BCUT2D eigenvalue weighted by Crippen LogP contribution is 2.19. The summed E-state index contributed by atoms with van der Waals surface area (Å²) in [7, 11) is 3.37. The molecule has 1 saturated heterocycles. The minimum Gasteiger partial charge on any atom is -0.459 e. The predicted molar refractivity (Wildman–Crippen MR) is 79.1 cm³/mol. The summed E-state index contributed by atoms with van der Waals surface area (Å²) < 4.78 is 4.97. The minimum atomic E-state index is -0.372. The van der Waals surface area contributed by atoms with E-state index in [1.807, 2.05) is 0 Å². The summed E-state index contributed by atoms with van der Waals surface area (Å²) in [6.07, 6.45) is 3.11. The number of nitrogens with zero attached hydrogens (tertiary/aromatic N) is 2. The van der Waals surface area contributed by atoms with E-state index in [9.17, 15) is 14.4 Å². The van der Waals surface area contributed by atoms with Crippen LogP contribution in [0.5, 0.6) is 0 Å². The molecule has 1 aliphatic rings. The lowest BCUT2D eigenvalue weighted by atomic mass is 10.2. The Labute approximate surface area is 129 Å². The number of amides is 3. The summed E-state index contributed by atoms with van der Waals surface area (Å²) >= 11 is 0. The lowest BCUT2D eigenvalue weighted by molar-refractivity contribution is -0.142. The number of nitrogens with one attached hydrogen (secondary N) is 1. The van der Waals surface area contributed by atoms with Gasteiger partial charge in [-0.15, -0.1) is 0 Å². The third-order valence-electron chi connectivity index (χ3n) is 3.67. The lowest BCUT2D eigenvalue weighted by Crippen LogP contribution is -2.46. The van der Waals surface area contributed by atoms with Gasteiger partial charge in [0.25, 0.3) is 5.91 Å². The molecule has 1 aromatic heterocycles. The Morgan fingerprint density at radius 3 is 2.82 bits per heavy atom. The van der Waals surface area contributed by atoms with Crippen LogP contribution in [0.25, 0.3) is 0 Å². The minimum absolute atomic E-state index is 0.0505. The second-order valence-electron chi connectivity index (χ2n) is 5.46. The second-order valence-corrected chi connectivity index (χ2v) is 5.46. The zero-order valence-corrected chi connectivity index (χ0v) is 12.9. The first-order valence-electron chi connectivity index (χ1n) is 7.33. The number of carbonyl (C=O) groups excluding carboxylic acids is 3. The fourth-order valence-corrected chi connectivity index (χ4v) is 2.54. The number of likely N-dealkylation sites (tertiary alicyclic amines) is 1. The summed E-state index contributed by atoms with van der Waals surface area (Å²) in [6.45, 7) is 0.812. The molecular formula is C15H21N3O4. The molecule has 3 amide bonds. The smallest absolute Gasteiger partial charge is 0.286 e. The molecule has 0 bridgehead atoms. The van der Waals surface area contributed by atoms with Gasteiger partial charge in [0.1, 0.15) is 6.04 Å². The summed E-state index contributed by atoms with van der Waals surface area (Å²) in [5, 5.41) is 2.63. The number of rotatable bonds is 5. The van der Waals surface area contributed by atoms with Crippen LogP contribution in [-0.4, -0.2) is 60.7 Å². The van der Waals surface area contributed by atoms with E-state index in [2.05, 4.69) is 5.32 Å². The molecule has 0 spiro atoms. The summed E-state index contributed by atoms with van der Waals surface area (Å²) in [6, 6.07) is 2.81. The van der Waals surface area contributed by atoms with Gasteiger partial charge in [0, 0.05) is 33.6 Å². The maximum absolute atomic E-state index is 12.2. The molecule has 22 heavy (non-hydrogen) atoms. The van der Waals surface area contributed by atoms with E-state index in [1.54, 1.807) is 31.1 Å². The molecule has 0 aromatic carbocycles. The van der Waals surface area contributed by atoms with Crippen molar-refractivity contribution < 1.29 is 18.8 Å². The van der Waals surface area contributed by atoms with Crippen molar-refractivity contribution in [1.82, 2.24) is 15.1 Å². The molecule has 2 rings (SSSR count). The first-order chi connectivity index (χ1) is 10.5. The molecule has 0 aliphatic carbocycles. The quantitative estimate of drug-likeness (QED) is 0.857. The van der Waals surface area contributed by atoms with E-state index in [4.69, 9.17) is 4.42 Å². The van der Waals surface area contributed by atoms with Crippen LogP contribution in [0.1, 0.15) is 29.8 Å². The molecule has 1 fully saturated rings. The number of carbonyl (C=O) groups is 3. The van der Waals surface area contributed by atoms with Crippen molar-refractivity contribution in [3.8, 4) is 0 Å². The van der Waals surface area contributed by atoms with Crippen LogP contribution in [0, 0.1) is 0 Å². The zero-order valence-electron chi connectivity index (χ0n) is 12.9. The third kappa shape index (κ3) is 3.66. The van der Waals surface area contributed by atoms with E-state index in [0.29, 0.717) is 13.0 Å². The molecule has 1 aliphatic heterocycles. The largest absolute Gasteiger partial charge is 0.459 e. The van der Waals surface area contributed by atoms with Crippen LogP contribution in [0.15, 0.2) is 22.8 Å². The Balaban J connectivity index is 1.81. The SMILES string of the molecule is CN(C)C(=O)C1CCCN1C(=O)CCNC(=O)c1ccco1. The van der Waals surface area contributed by atoms with Gasteiger partial charge in [0.2, 0.25) is 11.8 Å². The Bertz CT molecular complexity index is 539. The molecule has 7 heteroatoms. The van der Waals surface area contributed by atoms with Gasteiger partial charge in [-0.25, -0.2) is 0 Å². The van der Waals surface area contributed by atoms with Crippen LogP contribution in [0.3, 0.4) is 0 Å². The number of hydrogen-bond donors (Lipinski definition) is 1. The van der Waals surface area contributed by atoms with Crippen LogP contribution in [-0.2, 0) is 9.59 Å². The van der Waals surface area contributed by atoms with E-state index in [1.165, 1.54) is 11.2 Å². The van der Waals surface area contributed by atoms with E-state index >= 15 is 0 Å². The molecule has 0 radical (unpaired) electrons. The molecule has 120 valence electrons. The highest BCUT2D eigenvalue weighted by Gasteiger charge is 2.34. The molecule has 1 N–H and O–H groups in total. The van der Waals surface area contributed by atoms with Crippen LogP contribution < -0.4 is 5.32 Å². The number of hydrogen-bond acceptors (Lipinski definition) is 4. The maximum atomic E-state index is 12.2. The van der Waals surface area contributed by atoms with Gasteiger partial charge < -0.3 is 19.5 Å². The van der Waals surface area contributed by atoms with Crippen molar-refractivity contribution in [1.29, 1.82) is 0 Å². The van der Waals surface area contributed by atoms with Gasteiger partial charge >= 0.3 is 0 Å². The highest BCUT2D eigenvalue weighted by molar-refractivity contribution is 5.92. The normalized spacial score (nSPS) is 17.4. The van der Waals surface area contributed by atoms with Crippen molar-refractivity contribution in [3.05, 3.63) is 24.2 Å². The fraction of sp³-hybridized carbons (Fsp3) is 0.533. The molecule has 1 unspecified atom stereocenters. The van der Waals surface area contributed by atoms with Gasteiger partial charge in [0.05, 0.1) is 6.26 Å². The lowest BCUT2D eigenvalue weighted by Gasteiger charge is -2.26. The van der Waals surface area contributed by atoms with Gasteiger partial charge in [-0.1, -0.05) is 0 Å². The van der Waals surface area contributed by atoms with Gasteiger partial charge in [-0.2, -0.15) is 0 Å². The third-order valence-corrected chi connectivity index (χ3v) is 3.67. The van der Waals surface area contributed by atoms with Gasteiger partial charge in [0.15, 0.2) is 5.76 Å². The van der Waals surface area contributed by atoms with Crippen LogP contribution in [0.4, 0.5) is 0 Å². The van der Waals surface area contributed by atoms with Gasteiger partial charge in [-0.3, -0.25) is 14.4 Å². The van der Waals surface area contributed by atoms with Crippen LogP contribution in [0.2, 0.25) is 0 Å². The predicted octanol–water partition coefficient (Wildman–Crippen LogP) is 0.479. The standard InChI is InChI=1S/C15H21N3O4/c1-17(2)15(21)11-5-3-9-18(11)13(19)7-8-16-14(20)12-6-4-10-22-12/h4,6,10-11H,3,5,7-9H2,1-2H3,(H,16,20). The molecule has 0 saturated carbocycles. The number of furan rings is 1. The van der Waals surface area contributed by atoms with E-state index in [0.717, 1.165) is 6.42 Å². The Morgan fingerprint density at radius 2 is 2.18 bits per heavy atom. The van der Waals surface area contributed by atoms with Gasteiger partial charge in [-0.05, 0) is 25.0 Å². The summed E-state index contributed by atoms with van der Waals surface area (Å²) in [5.41, 5.74) is 0.